The third-order valence-electron chi connectivity index (χ3n) is 4.00. The third kappa shape index (κ3) is 2.28. The van der Waals surface area contributed by atoms with Crippen molar-refractivity contribution in [3.8, 4) is 0 Å². The third-order valence-corrected chi connectivity index (χ3v) is 4.00. The molecule has 0 unspecified atom stereocenters. The molecule has 0 saturated carbocycles. The molecule has 0 aliphatic carbocycles. The number of H-pyrrole nitrogens is 1. The van der Waals surface area contributed by atoms with Gasteiger partial charge in [0.2, 0.25) is 0 Å². The molecular formula is C13H19N5O. The highest BCUT2D eigenvalue weighted by molar-refractivity contribution is 5.82. The van der Waals surface area contributed by atoms with Gasteiger partial charge in [0.05, 0.1) is 11.9 Å². The molecule has 2 aromatic heterocycles. The Hall–Kier alpha value is -1.69. The van der Waals surface area contributed by atoms with E-state index in [9.17, 15) is 5.11 Å². The number of anilines is 1. The van der Waals surface area contributed by atoms with Crippen molar-refractivity contribution in [3.05, 3.63) is 12.7 Å². The molecule has 19 heavy (non-hydrogen) atoms. The van der Waals surface area contributed by atoms with E-state index in [1.807, 2.05) is 13.8 Å². The average molecular weight is 261 g/mol. The predicted molar refractivity (Wildman–Crippen MR) is 72.9 cm³/mol. The van der Waals surface area contributed by atoms with Crippen LogP contribution in [0.4, 0.5) is 5.82 Å². The summed E-state index contributed by atoms with van der Waals surface area (Å²) in [5.41, 5.74) is 1.000. The van der Waals surface area contributed by atoms with Gasteiger partial charge in [0.1, 0.15) is 11.8 Å². The molecule has 0 spiro atoms. The Morgan fingerprint density at radius 1 is 1.26 bits per heavy atom. The van der Waals surface area contributed by atoms with Gasteiger partial charge in [-0.05, 0) is 32.6 Å². The second-order valence-electron chi connectivity index (χ2n) is 5.71. The standard InChI is InChI=1S/C13H19N5O/c1-13(2,19)9-3-5-18(6-4-9)12-10-11(15-7-14-10)16-8-17-12/h7-9,19H,3-6H2,1-2H3,(H,14,15,16,17). The van der Waals surface area contributed by atoms with Gasteiger partial charge < -0.3 is 15.0 Å². The van der Waals surface area contributed by atoms with Crippen LogP contribution in [-0.2, 0) is 0 Å². The highest BCUT2D eigenvalue weighted by Gasteiger charge is 2.31. The fourth-order valence-electron chi connectivity index (χ4n) is 2.79. The summed E-state index contributed by atoms with van der Waals surface area (Å²) in [6.45, 7) is 5.59. The average Bonchev–Trinajstić information content (AvgIpc) is 2.86. The molecule has 0 aromatic carbocycles. The number of fused-ring (bicyclic) bond motifs is 1. The Balaban J connectivity index is 1.80. The van der Waals surface area contributed by atoms with Crippen LogP contribution >= 0.6 is 0 Å². The second-order valence-corrected chi connectivity index (χ2v) is 5.71. The summed E-state index contributed by atoms with van der Waals surface area (Å²) in [5, 5.41) is 10.1. The highest BCUT2D eigenvalue weighted by atomic mass is 16.3. The van der Waals surface area contributed by atoms with Gasteiger partial charge in [-0.1, -0.05) is 0 Å². The summed E-state index contributed by atoms with van der Waals surface area (Å²) in [6.07, 6.45) is 5.15. The van der Waals surface area contributed by atoms with Crippen molar-refractivity contribution in [1.82, 2.24) is 19.9 Å². The molecule has 1 saturated heterocycles. The maximum Gasteiger partial charge on any atom is 0.182 e. The molecule has 6 heteroatoms. The number of imidazole rings is 1. The van der Waals surface area contributed by atoms with Crippen molar-refractivity contribution in [2.45, 2.75) is 32.3 Å². The SMILES string of the molecule is CC(C)(O)C1CCN(c2ncnc3nc[nH]c23)CC1. The van der Waals surface area contributed by atoms with Crippen LogP contribution in [0.1, 0.15) is 26.7 Å². The van der Waals surface area contributed by atoms with E-state index in [0.29, 0.717) is 11.6 Å². The molecule has 0 atom stereocenters. The second kappa shape index (κ2) is 4.45. The van der Waals surface area contributed by atoms with Crippen molar-refractivity contribution in [1.29, 1.82) is 0 Å². The van der Waals surface area contributed by atoms with Crippen molar-refractivity contribution >= 4 is 17.0 Å². The summed E-state index contributed by atoms with van der Waals surface area (Å²) in [4.78, 5) is 18.0. The van der Waals surface area contributed by atoms with Gasteiger partial charge in [-0.3, -0.25) is 0 Å². The summed E-state index contributed by atoms with van der Waals surface area (Å²) in [5.74, 6) is 1.26. The number of piperidine rings is 1. The first kappa shape index (κ1) is 12.3. The number of hydrogen-bond donors (Lipinski definition) is 2. The Bertz CT molecular complexity index is 566. The molecule has 3 rings (SSSR count). The lowest BCUT2D eigenvalue weighted by Gasteiger charge is -2.38. The molecule has 0 bridgehead atoms. The molecule has 2 N–H and O–H groups in total. The molecule has 6 nitrogen and oxygen atoms in total. The van der Waals surface area contributed by atoms with Crippen molar-refractivity contribution < 1.29 is 5.11 Å². The minimum atomic E-state index is -0.596. The lowest BCUT2D eigenvalue weighted by Crippen LogP contribution is -2.42. The van der Waals surface area contributed by atoms with Crippen LogP contribution in [0.25, 0.3) is 11.2 Å². The molecule has 2 aromatic rings. The number of aromatic nitrogens is 4. The van der Waals surface area contributed by atoms with E-state index >= 15 is 0 Å². The zero-order valence-electron chi connectivity index (χ0n) is 11.3. The molecule has 0 amide bonds. The van der Waals surface area contributed by atoms with Gasteiger partial charge in [0.15, 0.2) is 11.5 Å². The maximum atomic E-state index is 10.1. The largest absolute Gasteiger partial charge is 0.390 e. The van der Waals surface area contributed by atoms with Crippen LogP contribution in [0.2, 0.25) is 0 Å². The van der Waals surface area contributed by atoms with E-state index in [-0.39, 0.29) is 0 Å². The first-order chi connectivity index (χ1) is 9.05. The fraction of sp³-hybridized carbons (Fsp3) is 0.615. The van der Waals surface area contributed by atoms with Crippen molar-refractivity contribution in [2.75, 3.05) is 18.0 Å². The number of nitrogens with zero attached hydrogens (tertiary/aromatic N) is 4. The van der Waals surface area contributed by atoms with Gasteiger partial charge in [0.25, 0.3) is 0 Å². The number of nitrogens with one attached hydrogen (secondary N) is 1. The summed E-state index contributed by atoms with van der Waals surface area (Å²) in [7, 11) is 0. The molecular weight excluding hydrogens is 242 g/mol. The Kier molecular flexibility index (Phi) is 2.89. The lowest BCUT2D eigenvalue weighted by molar-refractivity contribution is 0.00648. The first-order valence-electron chi connectivity index (χ1n) is 6.67. The van der Waals surface area contributed by atoms with Crippen LogP contribution in [0, 0.1) is 5.92 Å². The molecule has 0 radical (unpaired) electrons. The predicted octanol–water partition coefficient (Wildman–Crippen LogP) is 1.34. The lowest BCUT2D eigenvalue weighted by atomic mass is 9.83. The zero-order chi connectivity index (χ0) is 13.5. The molecule has 3 heterocycles. The van der Waals surface area contributed by atoms with Crippen LogP contribution < -0.4 is 4.90 Å². The van der Waals surface area contributed by atoms with Gasteiger partial charge in [-0.25, -0.2) is 15.0 Å². The highest BCUT2D eigenvalue weighted by Crippen LogP contribution is 2.31. The minimum absolute atomic E-state index is 0.350. The molecule has 1 aliphatic rings. The summed E-state index contributed by atoms with van der Waals surface area (Å²) in [6, 6.07) is 0. The summed E-state index contributed by atoms with van der Waals surface area (Å²) < 4.78 is 0. The van der Waals surface area contributed by atoms with E-state index in [1.165, 1.54) is 0 Å². The van der Waals surface area contributed by atoms with Gasteiger partial charge in [0, 0.05) is 13.1 Å². The number of aliphatic hydroxyl groups is 1. The topological polar surface area (TPSA) is 77.9 Å². The van der Waals surface area contributed by atoms with Gasteiger partial charge >= 0.3 is 0 Å². The quantitative estimate of drug-likeness (QED) is 0.853. The van der Waals surface area contributed by atoms with Crippen molar-refractivity contribution in [3.63, 3.8) is 0 Å². The van der Waals surface area contributed by atoms with E-state index < -0.39 is 5.60 Å². The zero-order valence-corrected chi connectivity index (χ0v) is 11.3. The molecule has 102 valence electrons. The smallest absolute Gasteiger partial charge is 0.182 e. The van der Waals surface area contributed by atoms with E-state index in [2.05, 4.69) is 24.8 Å². The number of aromatic amines is 1. The van der Waals surface area contributed by atoms with Crippen molar-refractivity contribution in [2.24, 2.45) is 5.92 Å². The number of rotatable bonds is 2. The van der Waals surface area contributed by atoms with Gasteiger partial charge in [-0.15, -0.1) is 0 Å². The maximum absolute atomic E-state index is 10.1. The van der Waals surface area contributed by atoms with Crippen LogP contribution in [-0.4, -0.2) is 43.7 Å². The van der Waals surface area contributed by atoms with Crippen LogP contribution in [0.5, 0.6) is 0 Å². The summed E-state index contributed by atoms with van der Waals surface area (Å²) >= 11 is 0. The van der Waals surface area contributed by atoms with E-state index in [0.717, 1.165) is 37.3 Å². The van der Waals surface area contributed by atoms with E-state index in [1.54, 1.807) is 12.7 Å². The Morgan fingerprint density at radius 2 is 2.00 bits per heavy atom. The van der Waals surface area contributed by atoms with E-state index in [4.69, 9.17) is 0 Å². The molecule has 1 fully saturated rings. The van der Waals surface area contributed by atoms with Gasteiger partial charge in [-0.2, -0.15) is 0 Å². The Morgan fingerprint density at radius 3 is 2.68 bits per heavy atom. The minimum Gasteiger partial charge on any atom is -0.390 e. The monoisotopic (exact) mass is 261 g/mol. The Labute approximate surface area is 111 Å². The fourth-order valence-corrected chi connectivity index (χ4v) is 2.79. The van der Waals surface area contributed by atoms with Crippen LogP contribution in [0.3, 0.4) is 0 Å². The molecule has 1 aliphatic heterocycles. The van der Waals surface area contributed by atoms with Crippen LogP contribution in [0.15, 0.2) is 12.7 Å². The normalized spacial score (nSPS) is 18.2. The number of hydrogen-bond acceptors (Lipinski definition) is 5. The first-order valence-corrected chi connectivity index (χ1v) is 6.67.